The number of hydrogen-bond donors (Lipinski definition) is 1. The summed E-state index contributed by atoms with van der Waals surface area (Å²) in [6.45, 7) is 0.000981. The Kier molecular flexibility index (Phi) is 3.16. The Morgan fingerprint density at radius 3 is 3.06 bits per heavy atom. The number of aromatic carboxylic acids is 1. The fraction of sp³-hybridized carbons (Fsp3) is 0.200. The molecule has 0 spiro atoms. The second-order valence-electron chi connectivity index (χ2n) is 3.26. The molecule has 86 valence electrons. The molecular weight excluding hydrogens is 240 g/mol. The van der Waals surface area contributed by atoms with Crippen LogP contribution in [-0.4, -0.2) is 26.1 Å². The highest BCUT2D eigenvalue weighted by Gasteiger charge is 2.19. The van der Waals surface area contributed by atoms with Crippen LogP contribution < -0.4 is 0 Å². The van der Waals surface area contributed by atoms with Gasteiger partial charge in [-0.1, -0.05) is 11.3 Å². The molecule has 0 amide bonds. The molecule has 0 unspecified atom stereocenters. The summed E-state index contributed by atoms with van der Waals surface area (Å²) in [7, 11) is 0. The van der Waals surface area contributed by atoms with Gasteiger partial charge in [-0.05, 0) is 11.4 Å². The molecule has 7 heteroatoms. The molecule has 2 heterocycles. The zero-order chi connectivity index (χ0) is 12.3. The molecule has 0 fully saturated rings. The summed E-state index contributed by atoms with van der Waals surface area (Å²) >= 11 is 1.52. The maximum Gasteiger partial charge on any atom is 0.358 e. The molecule has 6 nitrogen and oxygen atoms in total. The SMILES string of the molecule is N#CCn1nnc(C(=O)O)c1Cc1cccs1. The van der Waals surface area contributed by atoms with E-state index in [1.165, 1.54) is 16.0 Å². The number of aromatic nitrogens is 3. The number of nitriles is 1. The lowest BCUT2D eigenvalue weighted by molar-refractivity contribution is 0.0689. The Hall–Kier alpha value is -2.20. The monoisotopic (exact) mass is 248 g/mol. The molecule has 17 heavy (non-hydrogen) atoms. The number of thiophene rings is 1. The van der Waals surface area contributed by atoms with Crippen LogP contribution in [0, 0.1) is 11.3 Å². The van der Waals surface area contributed by atoms with E-state index in [2.05, 4.69) is 10.3 Å². The zero-order valence-corrected chi connectivity index (χ0v) is 9.52. The molecule has 0 aliphatic heterocycles. The molecule has 0 aromatic carbocycles. The zero-order valence-electron chi connectivity index (χ0n) is 8.70. The van der Waals surface area contributed by atoms with Gasteiger partial charge in [0.25, 0.3) is 0 Å². The molecule has 2 aromatic heterocycles. The summed E-state index contributed by atoms with van der Waals surface area (Å²) in [5.41, 5.74) is 0.371. The third kappa shape index (κ3) is 2.32. The van der Waals surface area contributed by atoms with E-state index in [0.29, 0.717) is 12.1 Å². The van der Waals surface area contributed by atoms with Crippen LogP contribution in [0.2, 0.25) is 0 Å². The fourth-order valence-electron chi connectivity index (χ4n) is 1.45. The van der Waals surface area contributed by atoms with Crippen LogP contribution in [0.3, 0.4) is 0 Å². The Morgan fingerprint density at radius 2 is 2.47 bits per heavy atom. The Balaban J connectivity index is 2.38. The highest BCUT2D eigenvalue weighted by molar-refractivity contribution is 7.09. The van der Waals surface area contributed by atoms with Crippen LogP contribution in [0.15, 0.2) is 17.5 Å². The first-order chi connectivity index (χ1) is 8.22. The number of carboxylic acid groups (broad SMARTS) is 1. The maximum absolute atomic E-state index is 11.0. The molecule has 2 aromatic rings. The summed E-state index contributed by atoms with van der Waals surface area (Å²) in [5.74, 6) is -1.12. The van der Waals surface area contributed by atoms with Crippen LogP contribution in [-0.2, 0) is 13.0 Å². The predicted molar refractivity (Wildman–Crippen MR) is 59.7 cm³/mol. The Morgan fingerprint density at radius 1 is 1.65 bits per heavy atom. The first-order valence-electron chi connectivity index (χ1n) is 4.77. The van der Waals surface area contributed by atoms with Crippen molar-refractivity contribution in [3.8, 4) is 6.07 Å². The minimum atomic E-state index is -1.12. The van der Waals surface area contributed by atoms with Crippen molar-refractivity contribution in [3.63, 3.8) is 0 Å². The van der Waals surface area contributed by atoms with Gasteiger partial charge in [0.15, 0.2) is 5.69 Å². The van der Waals surface area contributed by atoms with Crippen LogP contribution in [0.25, 0.3) is 0 Å². The minimum absolute atomic E-state index is 0.000981. The predicted octanol–water partition coefficient (Wildman–Crippen LogP) is 1.15. The van der Waals surface area contributed by atoms with Crippen LogP contribution in [0.5, 0.6) is 0 Å². The number of nitrogens with zero attached hydrogens (tertiary/aromatic N) is 4. The van der Waals surface area contributed by atoms with Crippen molar-refractivity contribution in [1.82, 2.24) is 15.0 Å². The lowest BCUT2D eigenvalue weighted by atomic mass is 10.2. The highest BCUT2D eigenvalue weighted by atomic mass is 32.1. The van der Waals surface area contributed by atoms with Crippen molar-refractivity contribution in [1.29, 1.82) is 5.26 Å². The van der Waals surface area contributed by atoms with Gasteiger partial charge in [-0.2, -0.15) is 5.26 Å². The first kappa shape index (κ1) is 11.3. The van der Waals surface area contributed by atoms with Crippen molar-refractivity contribution in [3.05, 3.63) is 33.8 Å². The third-order valence-corrected chi connectivity index (χ3v) is 3.06. The van der Waals surface area contributed by atoms with E-state index < -0.39 is 5.97 Å². The van der Waals surface area contributed by atoms with Gasteiger partial charge in [0, 0.05) is 11.3 Å². The van der Waals surface area contributed by atoms with E-state index in [1.54, 1.807) is 0 Å². The van der Waals surface area contributed by atoms with Gasteiger partial charge in [0.1, 0.15) is 6.54 Å². The van der Waals surface area contributed by atoms with E-state index >= 15 is 0 Å². The topological polar surface area (TPSA) is 91.8 Å². The normalized spacial score (nSPS) is 10.1. The highest BCUT2D eigenvalue weighted by Crippen LogP contribution is 2.16. The fourth-order valence-corrected chi connectivity index (χ4v) is 2.16. The molecule has 0 aliphatic rings. The second-order valence-corrected chi connectivity index (χ2v) is 4.29. The van der Waals surface area contributed by atoms with E-state index in [4.69, 9.17) is 10.4 Å². The van der Waals surface area contributed by atoms with E-state index in [1.807, 2.05) is 23.6 Å². The third-order valence-electron chi connectivity index (χ3n) is 2.18. The minimum Gasteiger partial charge on any atom is -0.476 e. The number of carboxylic acids is 1. The van der Waals surface area contributed by atoms with Gasteiger partial charge in [0.05, 0.1) is 11.8 Å². The van der Waals surface area contributed by atoms with Gasteiger partial charge < -0.3 is 5.11 Å². The molecular formula is C10H8N4O2S. The Labute approximate surface area is 101 Å². The van der Waals surface area contributed by atoms with Gasteiger partial charge in [-0.3, -0.25) is 0 Å². The molecule has 0 radical (unpaired) electrons. The smallest absolute Gasteiger partial charge is 0.358 e. The summed E-state index contributed by atoms with van der Waals surface area (Å²) in [4.78, 5) is 12.0. The molecule has 0 atom stereocenters. The Bertz CT molecular complexity index is 568. The maximum atomic E-state index is 11.0. The van der Waals surface area contributed by atoms with Gasteiger partial charge in [0.2, 0.25) is 0 Å². The number of carbonyl (C=O) groups is 1. The summed E-state index contributed by atoms with van der Waals surface area (Å²) in [5, 5.41) is 26.8. The largest absolute Gasteiger partial charge is 0.476 e. The first-order valence-corrected chi connectivity index (χ1v) is 5.65. The standard InChI is InChI=1S/C10H8N4O2S/c11-3-4-14-8(6-7-2-1-5-17-7)9(10(15)16)12-13-14/h1-2,5H,4,6H2,(H,15,16). The van der Waals surface area contributed by atoms with E-state index in [9.17, 15) is 4.79 Å². The van der Waals surface area contributed by atoms with Crippen LogP contribution in [0.4, 0.5) is 0 Å². The summed E-state index contributed by atoms with van der Waals surface area (Å²) < 4.78 is 1.32. The van der Waals surface area contributed by atoms with E-state index in [0.717, 1.165) is 4.88 Å². The second kappa shape index (κ2) is 4.76. The summed E-state index contributed by atoms with van der Waals surface area (Å²) in [6.07, 6.45) is 0.425. The molecule has 0 saturated heterocycles. The molecule has 2 rings (SSSR count). The average molecular weight is 248 g/mol. The van der Waals surface area contributed by atoms with Crippen molar-refractivity contribution >= 4 is 17.3 Å². The summed E-state index contributed by atoms with van der Waals surface area (Å²) in [6, 6.07) is 5.72. The van der Waals surface area contributed by atoms with Crippen molar-refractivity contribution in [2.75, 3.05) is 0 Å². The van der Waals surface area contributed by atoms with E-state index in [-0.39, 0.29) is 12.2 Å². The average Bonchev–Trinajstić information content (AvgIpc) is 2.90. The van der Waals surface area contributed by atoms with Crippen molar-refractivity contribution in [2.45, 2.75) is 13.0 Å². The number of rotatable bonds is 4. The van der Waals surface area contributed by atoms with Gasteiger partial charge in [-0.15, -0.1) is 16.4 Å². The number of hydrogen-bond acceptors (Lipinski definition) is 5. The van der Waals surface area contributed by atoms with Gasteiger partial charge >= 0.3 is 5.97 Å². The lowest BCUT2D eigenvalue weighted by Gasteiger charge is -2.01. The van der Waals surface area contributed by atoms with Crippen molar-refractivity contribution in [2.24, 2.45) is 0 Å². The van der Waals surface area contributed by atoms with Crippen LogP contribution >= 0.6 is 11.3 Å². The van der Waals surface area contributed by atoms with Gasteiger partial charge in [-0.25, -0.2) is 9.48 Å². The lowest BCUT2D eigenvalue weighted by Crippen LogP contribution is -2.08. The molecule has 1 N–H and O–H groups in total. The van der Waals surface area contributed by atoms with Crippen LogP contribution in [0.1, 0.15) is 21.1 Å². The molecule has 0 saturated carbocycles. The molecule has 0 bridgehead atoms. The van der Waals surface area contributed by atoms with Crippen molar-refractivity contribution < 1.29 is 9.90 Å². The quantitative estimate of drug-likeness (QED) is 0.876. The molecule has 0 aliphatic carbocycles.